The van der Waals surface area contributed by atoms with E-state index in [4.69, 9.17) is 5.26 Å². The van der Waals surface area contributed by atoms with Gasteiger partial charge < -0.3 is 10.6 Å². The minimum absolute atomic E-state index is 0.0185. The van der Waals surface area contributed by atoms with Gasteiger partial charge in [-0.05, 0) is 37.1 Å². The predicted molar refractivity (Wildman–Crippen MR) is 70.1 cm³/mol. The van der Waals surface area contributed by atoms with E-state index in [1.54, 1.807) is 24.3 Å². The van der Waals surface area contributed by atoms with Crippen LogP contribution in [0.1, 0.15) is 24.8 Å². The van der Waals surface area contributed by atoms with Gasteiger partial charge in [0.1, 0.15) is 0 Å². The molecule has 0 atom stereocenters. The van der Waals surface area contributed by atoms with E-state index in [0.29, 0.717) is 11.3 Å². The van der Waals surface area contributed by atoms with Crippen molar-refractivity contribution in [2.24, 2.45) is 5.92 Å². The van der Waals surface area contributed by atoms with Gasteiger partial charge in [0.25, 0.3) is 0 Å². The lowest BCUT2D eigenvalue weighted by molar-refractivity contribution is -0.129. The maximum atomic E-state index is 11.6. The number of carbonyl (C=O) groups excluding carboxylic acids is 2. The normalized spacial score (nSPS) is 14.1. The summed E-state index contributed by atoms with van der Waals surface area (Å²) in [6.45, 7) is -0.0185. The summed E-state index contributed by atoms with van der Waals surface area (Å²) in [6.07, 6.45) is 2.93. The number of anilines is 1. The molecule has 0 aliphatic heterocycles. The minimum Gasteiger partial charge on any atom is -0.347 e. The SMILES string of the molecule is N#Cc1ccc(NC(=O)CNC(=O)C2CCC2)cc1. The Kier molecular flexibility index (Phi) is 4.14. The lowest BCUT2D eigenvalue weighted by Gasteiger charge is -2.23. The molecule has 19 heavy (non-hydrogen) atoms. The lowest BCUT2D eigenvalue weighted by atomic mass is 9.85. The summed E-state index contributed by atoms with van der Waals surface area (Å²) in [6, 6.07) is 8.57. The molecule has 0 unspecified atom stereocenters. The van der Waals surface area contributed by atoms with Crippen molar-refractivity contribution in [1.29, 1.82) is 5.26 Å². The Morgan fingerprint density at radius 1 is 1.26 bits per heavy atom. The Morgan fingerprint density at radius 3 is 2.47 bits per heavy atom. The van der Waals surface area contributed by atoms with Gasteiger partial charge in [-0.1, -0.05) is 6.42 Å². The standard InChI is InChI=1S/C14H15N3O2/c15-8-10-4-6-12(7-5-10)17-13(18)9-16-14(19)11-2-1-3-11/h4-7,11H,1-3,9H2,(H,16,19)(H,17,18). The highest BCUT2D eigenvalue weighted by atomic mass is 16.2. The molecule has 5 heteroatoms. The van der Waals surface area contributed by atoms with E-state index >= 15 is 0 Å². The van der Waals surface area contributed by atoms with Crippen LogP contribution in [0.5, 0.6) is 0 Å². The van der Waals surface area contributed by atoms with Crippen LogP contribution in [-0.4, -0.2) is 18.4 Å². The molecule has 0 radical (unpaired) electrons. The first kappa shape index (κ1) is 13.1. The Bertz CT molecular complexity index is 512. The van der Waals surface area contributed by atoms with Crippen LogP contribution in [-0.2, 0) is 9.59 Å². The zero-order valence-electron chi connectivity index (χ0n) is 10.5. The van der Waals surface area contributed by atoms with Crippen LogP contribution in [0.2, 0.25) is 0 Å². The van der Waals surface area contributed by atoms with Gasteiger partial charge in [-0.2, -0.15) is 5.26 Å². The first-order valence-corrected chi connectivity index (χ1v) is 6.27. The van der Waals surface area contributed by atoms with Gasteiger partial charge >= 0.3 is 0 Å². The maximum absolute atomic E-state index is 11.6. The maximum Gasteiger partial charge on any atom is 0.243 e. The van der Waals surface area contributed by atoms with Crippen molar-refractivity contribution < 1.29 is 9.59 Å². The van der Waals surface area contributed by atoms with Crippen LogP contribution in [0, 0.1) is 17.2 Å². The highest BCUT2D eigenvalue weighted by Crippen LogP contribution is 2.25. The first-order valence-electron chi connectivity index (χ1n) is 6.27. The fraction of sp³-hybridized carbons (Fsp3) is 0.357. The van der Waals surface area contributed by atoms with Gasteiger partial charge in [0.15, 0.2) is 0 Å². The van der Waals surface area contributed by atoms with Crippen molar-refractivity contribution in [2.75, 3.05) is 11.9 Å². The number of hydrogen-bond donors (Lipinski definition) is 2. The molecule has 2 N–H and O–H groups in total. The molecule has 1 aliphatic carbocycles. The van der Waals surface area contributed by atoms with E-state index in [-0.39, 0.29) is 24.3 Å². The van der Waals surface area contributed by atoms with E-state index in [2.05, 4.69) is 10.6 Å². The van der Waals surface area contributed by atoms with Crippen LogP contribution in [0.15, 0.2) is 24.3 Å². The van der Waals surface area contributed by atoms with Crippen molar-refractivity contribution in [3.63, 3.8) is 0 Å². The van der Waals surface area contributed by atoms with Gasteiger partial charge in [0.2, 0.25) is 11.8 Å². The smallest absolute Gasteiger partial charge is 0.243 e. The quantitative estimate of drug-likeness (QED) is 0.855. The Hall–Kier alpha value is -2.35. The average Bonchev–Trinajstić information content (AvgIpc) is 2.35. The number of nitriles is 1. The van der Waals surface area contributed by atoms with Crippen molar-refractivity contribution in [2.45, 2.75) is 19.3 Å². The number of carbonyl (C=O) groups is 2. The molecule has 0 bridgehead atoms. The second kappa shape index (κ2) is 6.01. The van der Waals surface area contributed by atoms with Crippen LogP contribution in [0.3, 0.4) is 0 Å². The summed E-state index contributed by atoms with van der Waals surface area (Å²) in [7, 11) is 0. The number of nitrogens with one attached hydrogen (secondary N) is 2. The molecule has 1 aliphatic rings. The topological polar surface area (TPSA) is 82.0 Å². The molecule has 0 saturated heterocycles. The number of hydrogen-bond acceptors (Lipinski definition) is 3. The Labute approximate surface area is 111 Å². The van der Waals surface area contributed by atoms with Crippen LogP contribution < -0.4 is 10.6 Å². The lowest BCUT2D eigenvalue weighted by Crippen LogP contribution is -2.39. The molecule has 5 nitrogen and oxygen atoms in total. The fourth-order valence-corrected chi connectivity index (χ4v) is 1.82. The van der Waals surface area contributed by atoms with E-state index < -0.39 is 0 Å². The van der Waals surface area contributed by atoms with Crippen molar-refractivity contribution >= 4 is 17.5 Å². The number of amides is 2. The zero-order chi connectivity index (χ0) is 13.7. The monoisotopic (exact) mass is 257 g/mol. The third-order valence-electron chi connectivity index (χ3n) is 3.20. The van der Waals surface area contributed by atoms with E-state index in [1.165, 1.54) is 0 Å². The van der Waals surface area contributed by atoms with E-state index in [9.17, 15) is 9.59 Å². The minimum atomic E-state index is -0.266. The molecule has 0 heterocycles. The van der Waals surface area contributed by atoms with Gasteiger partial charge in [0, 0.05) is 11.6 Å². The summed E-state index contributed by atoms with van der Waals surface area (Å²) in [4.78, 5) is 23.1. The van der Waals surface area contributed by atoms with Gasteiger partial charge in [0.05, 0.1) is 18.2 Å². The summed E-state index contributed by atoms with van der Waals surface area (Å²) in [5, 5.41) is 13.9. The molecule has 2 amide bonds. The van der Waals surface area contributed by atoms with Crippen molar-refractivity contribution in [1.82, 2.24) is 5.32 Å². The predicted octanol–water partition coefficient (Wildman–Crippen LogP) is 1.41. The first-order chi connectivity index (χ1) is 9.19. The zero-order valence-corrected chi connectivity index (χ0v) is 10.5. The van der Waals surface area contributed by atoms with Gasteiger partial charge in [-0.15, -0.1) is 0 Å². The summed E-state index contributed by atoms with van der Waals surface area (Å²) >= 11 is 0. The Balaban J connectivity index is 1.77. The molecular formula is C14H15N3O2. The molecule has 98 valence electrons. The van der Waals surface area contributed by atoms with E-state index in [1.807, 2.05) is 6.07 Å². The molecule has 0 spiro atoms. The second-order valence-corrected chi connectivity index (χ2v) is 4.58. The summed E-state index contributed by atoms with van der Waals surface area (Å²) in [5.74, 6) is -0.221. The highest BCUT2D eigenvalue weighted by molar-refractivity contribution is 5.94. The highest BCUT2D eigenvalue weighted by Gasteiger charge is 2.25. The molecular weight excluding hydrogens is 242 g/mol. The largest absolute Gasteiger partial charge is 0.347 e. The molecule has 1 aromatic carbocycles. The molecule has 1 saturated carbocycles. The van der Waals surface area contributed by atoms with Crippen molar-refractivity contribution in [3.8, 4) is 6.07 Å². The molecule has 0 aromatic heterocycles. The average molecular weight is 257 g/mol. The number of rotatable bonds is 4. The third kappa shape index (κ3) is 3.55. The van der Waals surface area contributed by atoms with Crippen LogP contribution in [0.4, 0.5) is 5.69 Å². The fourth-order valence-electron chi connectivity index (χ4n) is 1.82. The summed E-state index contributed by atoms with van der Waals surface area (Å²) < 4.78 is 0. The van der Waals surface area contributed by atoms with Crippen LogP contribution in [0.25, 0.3) is 0 Å². The number of nitrogens with zero attached hydrogens (tertiary/aromatic N) is 1. The molecule has 2 rings (SSSR count). The Morgan fingerprint density at radius 2 is 1.95 bits per heavy atom. The van der Waals surface area contributed by atoms with Crippen LogP contribution >= 0.6 is 0 Å². The van der Waals surface area contributed by atoms with Gasteiger partial charge in [-0.25, -0.2) is 0 Å². The third-order valence-corrected chi connectivity index (χ3v) is 3.20. The van der Waals surface area contributed by atoms with E-state index in [0.717, 1.165) is 19.3 Å². The molecule has 1 fully saturated rings. The summed E-state index contributed by atoms with van der Waals surface area (Å²) in [5.41, 5.74) is 1.15. The molecule has 1 aromatic rings. The second-order valence-electron chi connectivity index (χ2n) is 4.58. The number of benzene rings is 1. The van der Waals surface area contributed by atoms with Gasteiger partial charge in [-0.3, -0.25) is 9.59 Å². The van der Waals surface area contributed by atoms with Crippen molar-refractivity contribution in [3.05, 3.63) is 29.8 Å².